The molecule has 0 aromatic carbocycles. The van der Waals surface area contributed by atoms with Gasteiger partial charge >= 0.3 is 0 Å². The molecule has 8 nitrogen and oxygen atoms in total. The highest BCUT2D eigenvalue weighted by atomic mass is 16.5. The number of carbonyl (C=O) groups is 1. The zero-order valence-electron chi connectivity index (χ0n) is 11.4. The molecule has 2 aromatic rings. The number of aryl methyl sites for hydroxylation is 1. The van der Waals surface area contributed by atoms with E-state index >= 15 is 0 Å². The third-order valence-corrected chi connectivity index (χ3v) is 3.57. The summed E-state index contributed by atoms with van der Waals surface area (Å²) in [7, 11) is 0. The minimum atomic E-state index is -0.383. The molecule has 0 aliphatic carbocycles. The van der Waals surface area contributed by atoms with Crippen molar-refractivity contribution >= 4 is 5.91 Å². The van der Waals surface area contributed by atoms with E-state index in [0.29, 0.717) is 18.3 Å². The van der Waals surface area contributed by atoms with Crippen molar-refractivity contribution in [1.82, 2.24) is 29.8 Å². The van der Waals surface area contributed by atoms with E-state index in [-0.39, 0.29) is 18.0 Å². The first-order chi connectivity index (χ1) is 9.66. The van der Waals surface area contributed by atoms with Crippen LogP contribution in [0.4, 0.5) is 0 Å². The summed E-state index contributed by atoms with van der Waals surface area (Å²) in [6.45, 7) is 4.26. The maximum Gasteiger partial charge on any atom is 0.247 e. The molecule has 1 fully saturated rings. The van der Waals surface area contributed by atoms with Gasteiger partial charge in [0.2, 0.25) is 11.8 Å². The molecule has 0 saturated carbocycles. The second-order valence-corrected chi connectivity index (χ2v) is 4.91. The van der Waals surface area contributed by atoms with E-state index in [4.69, 9.17) is 4.52 Å². The maximum atomic E-state index is 12.6. The first-order valence-corrected chi connectivity index (χ1v) is 6.61. The zero-order valence-corrected chi connectivity index (χ0v) is 11.4. The van der Waals surface area contributed by atoms with Crippen LogP contribution in [0, 0.1) is 6.92 Å². The van der Waals surface area contributed by atoms with E-state index in [9.17, 15) is 4.79 Å². The molecule has 0 unspecified atom stereocenters. The summed E-state index contributed by atoms with van der Waals surface area (Å²) >= 11 is 0. The van der Waals surface area contributed by atoms with Crippen molar-refractivity contribution in [3.05, 3.63) is 24.4 Å². The van der Waals surface area contributed by atoms with Crippen molar-refractivity contribution in [3.63, 3.8) is 0 Å². The zero-order chi connectivity index (χ0) is 14.1. The Labute approximate surface area is 115 Å². The van der Waals surface area contributed by atoms with E-state index in [1.54, 1.807) is 22.8 Å². The van der Waals surface area contributed by atoms with Crippen molar-refractivity contribution in [3.8, 4) is 0 Å². The van der Waals surface area contributed by atoms with Crippen LogP contribution in [0.15, 0.2) is 17.2 Å². The lowest BCUT2D eigenvalue weighted by Gasteiger charge is -2.25. The van der Waals surface area contributed by atoms with Gasteiger partial charge in [-0.1, -0.05) is 5.16 Å². The molecule has 3 heterocycles. The summed E-state index contributed by atoms with van der Waals surface area (Å²) in [5, 5.41) is 7.96. The Morgan fingerprint density at radius 1 is 1.55 bits per heavy atom. The Balaban J connectivity index is 1.80. The van der Waals surface area contributed by atoms with E-state index in [1.165, 1.54) is 6.33 Å². The number of carbonyl (C=O) groups excluding carboxylic acids is 1. The highest BCUT2D eigenvalue weighted by Crippen LogP contribution is 2.31. The van der Waals surface area contributed by atoms with Crippen LogP contribution >= 0.6 is 0 Å². The predicted molar refractivity (Wildman–Crippen MR) is 67.5 cm³/mol. The third-order valence-electron chi connectivity index (χ3n) is 3.57. The molecule has 1 amide bonds. The number of amides is 1. The molecular weight excluding hydrogens is 260 g/mol. The van der Waals surface area contributed by atoms with Crippen LogP contribution in [0.1, 0.15) is 43.6 Å². The summed E-state index contributed by atoms with van der Waals surface area (Å²) in [6, 6.07) is -0.489. The normalized spacial score (nSPS) is 20.3. The second-order valence-electron chi connectivity index (χ2n) is 4.91. The first kappa shape index (κ1) is 12.8. The molecule has 106 valence electrons. The average Bonchev–Trinajstić information content (AvgIpc) is 3.17. The number of aromatic nitrogens is 5. The van der Waals surface area contributed by atoms with Gasteiger partial charge in [-0.05, 0) is 19.8 Å². The SMILES string of the molecule is Cc1nc([C@@H]2CCCN2C(=O)[C@@H](C)n2cncn2)no1. The molecule has 0 N–H and O–H groups in total. The highest BCUT2D eigenvalue weighted by Gasteiger charge is 2.35. The smallest absolute Gasteiger partial charge is 0.247 e. The fourth-order valence-electron chi connectivity index (χ4n) is 2.52. The summed E-state index contributed by atoms with van der Waals surface area (Å²) in [5.74, 6) is 1.10. The lowest BCUT2D eigenvalue weighted by molar-refractivity contribution is -0.135. The van der Waals surface area contributed by atoms with Gasteiger partial charge < -0.3 is 9.42 Å². The lowest BCUT2D eigenvalue weighted by Crippen LogP contribution is -2.36. The quantitative estimate of drug-likeness (QED) is 0.827. The van der Waals surface area contributed by atoms with E-state index in [2.05, 4.69) is 20.2 Å². The monoisotopic (exact) mass is 276 g/mol. The van der Waals surface area contributed by atoms with Gasteiger partial charge in [-0.2, -0.15) is 10.1 Å². The Morgan fingerprint density at radius 3 is 3.05 bits per heavy atom. The fourth-order valence-corrected chi connectivity index (χ4v) is 2.52. The second kappa shape index (κ2) is 5.03. The predicted octanol–water partition coefficient (Wildman–Crippen LogP) is 0.894. The molecule has 1 aliphatic heterocycles. The van der Waals surface area contributed by atoms with Gasteiger partial charge in [-0.3, -0.25) is 4.79 Å². The Bertz CT molecular complexity index is 593. The minimum absolute atomic E-state index is 0.000420. The molecule has 1 aliphatic rings. The van der Waals surface area contributed by atoms with E-state index in [1.807, 2.05) is 6.92 Å². The molecule has 2 aromatic heterocycles. The van der Waals surface area contributed by atoms with Crippen LogP contribution in [0.2, 0.25) is 0 Å². The van der Waals surface area contributed by atoms with Crippen LogP contribution in [-0.4, -0.2) is 42.3 Å². The highest BCUT2D eigenvalue weighted by molar-refractivity contribution is 5.80. The van der Waals surface area contributed by atoms with Gasteiger partial charge in [0.05, 0.1) is 6.04 Å². The van der Waals surface area contributed by atoms with Crippen molar-refractivity contribution in [2.24, 2.45) is 0 Å². The number of hydrogen-bond acceptors (Lipinski definition) is 6. The molecule has 0 bridgehead atoms. The average molecular weight is 276 g/mol. The minimum Gasteiger partial charge on any atom is -0.340 e. The largest absolute Gasteiger partial charge is 0.340 e. The van der Waals surface area contributed by atoms with Crippen molar-refractivity contribution < 1.29 is 9.32 Å². The van der Waals surface area contributed by atoms with Gasteiger partial charge in [0.15, 0.2) is 5.82 Å². The van der Waals surface area contributed by atoms with E-state index < -0.39 is 0 Å². The Hall–Kier alpha value is -2.25. The summed E-state index contributed by atoms with van der Waals surface area (Å²) in [4.78, 5) is 22.5. The molecule has 2 atom stereocenters. The Kier molecular flexibility index (Phi) is 3.21. The van der Waals surface area contributed by atoms with Gasteiger partial charge in [-0.15, -0.1) is 0 Å². The van der Waals surface area contributed by atoms with E-state index in [0.717, 1.165) is 12.8 Å². The van der Waals surface area contributed by atoms with Crippen molar-refractivity contribution in [2.45, 2.75) is 38.8 Å². The van der Waals surface area contributed by atoms with Crippen LogP contribution in [0.5, 0.6) is 0 Å². The van der Waals surface area contributed by atoms with Crippen molar-refractivity contribution in [1.29, 1.82) is 0 Å². The number of nitrogens with zero attached hydrogens (tertiary/aromatic N) is 6. The topological polar surface area (TPSA) is 89.9 Å². The first-order valence-electron chi connectivity index (χ1n) is 6.61. The number of hydrogen-bond donors (Lipinski definition) is 0. The summed E-state index contributed by atoms with van der Waals surface area (Å²) in [6.07, 6.45) is 4.77. The maximum absolute atomic E-state index is 12.6. The third kappa shape index (κ3) is 2.17. The van der Waals surface area contributed by atoms with Crippen molar-refractivity contribution in [2.75, 3.05) is 6.54 Å². The Morgan fingerprint density at radius 2 is 2.40 bits per heavy atom. The molecule has 8 heteroatoms. The summed E-state index contributed by atoms with van der Waals surface area (Å²) < 4.78 is 6.57. The summed E-state index contributed by atoms with van der Waals surface area (Å²) in [5.41, 5.74) is 0. The van der Waals surface area contributed by atoms with Gasteiger partial charge in [0.25, 0.3) is 0 Å². The van der Waals surface area contributed by atoms with Crippen LogP contribution in [-0.2, 0) is 4.79 Å². The molecule has 0 radical (unpaired) electrons. The van der Waals surface area contributed by atoms with Crippen LogP contribution in [0.25, 0.3) is 0 Å². The molecule has 20 heavy (non-hydrogen) atoms. The number of rotatable bonds is 3. The molecule has 0 spiro atoms. The van der Waals surface area contributed by atoms with Crippen LogP contribution in [0.3, 0.4) is 0 Å². The van der Waals surface area contributed by atoms with Gasteiger partial charge in [0.1, 0.15) is 18.7 Å². The molecule has 1 saturated heterocycles. The molecule has 3 rings (SSSR count). The van der Waals surface area contributed by atoms with Gasteiger partial charge in [-0.25, -0.2) is 9.67 Å². The number of likely N-dealkylation sites (tertiary alicyclic amines) is 1. The van der Waals surface area contributed by atoms with Gasteiger partial charge in [0, 0.05) is 13.5 Å². The lowest BCUT2D eigenvalue weighted by atomic mass is 10.2. The standard InChI is InChI=1S/C12H16N6O2/c1-8(18-7-13-6-14-18)12(19)17-5-3-4-10(17)11-15-9(2)20-16-11/h6-8,10H,3-5H2,1-2H3/t8-,10+/m1/s1. The molecular formula is C12H16N6O2. The fraction of sp³-hybridized carbons (Fsp3) is 0.583. The van der Waals surface area contributed by atoms with Crippen LogP contribution < -0.4 is 0 Å².